The lowest BCUT2D eigenvalue weighted by atomic mass is 9.86. The van der Waals surface area contributed by atoms with Gasteiger partial charge in [0.05, 0.1) is 18.4 Å². The van der Waals surface area contributed by atoms with Crippen LogP contribution in [0.4, 0.5) is 5.69 Å². The summed E-state index contributed by atoms with van der Waals surface area (Å²) >= 11 is 7.25. The fourth-order valence-electron chi connectivity index (χ4n) is 3.72. The summed E-state index contributed by atoms with van der Waals surface area (Å²) in [5, 5.41) is 9.63. The summed E-state index contributed by atoms with van der Waals surface area (Å²) in [6, 6.07) is 14.6. The molecule has 4 rings (SSSR count). The van der Waals surface area contributed by atoms with E-state index in [1.807, 2.05) is 48.5 Å². The van der Waals surface area contributed by atoms with Crippen LogP contribution in [0.25, 0.3) is 0 Å². The van der Waals surface area contributed by atoms with Gasteiger partial charge in [-0.15, -0.1) is 0 Å². The largest absolute Gasteiger partial charge is 0.454 e. The third-order valence-electron chi connectivity index (χ3n) is 5.25. The van der Waals surface area contributed by atoms with Gasteiger partial charge in [-0.25, -0.2) is 4.99 Å². The first-order valence-electron chi connectivity index (χ1n) is 10.0. The third-order valence-corrected chi connectivity index (χ3v) is 5.86. The molecule has 30 heavy (non-hydrogen) atoms. The zero-order valence-corrected chi connectivity index (χ0v) is 17.5. The Morgan fingerprint density at radius 2 is 2.00 bits per heavy atom. The molecule has 1 amide bonds. The van der Waals surface area contributed by atoms with E-state index in [4.69, 9.17) is 26.1 Å². The molecule has 8 heteroatoms. The van der Waals surface area contributed by atoms with Gasteiger partial charge in [0.15, 0.2) is 10.6 Å². The molecule has 0 aliphatic carbocycles. The van der Waals surface area contributed by atoms with Crippen LogP contribution in [0.5, 0.6) is 11.5 Å². The minimum absolute atomic E-state index is 0.324. The zero-order chi connectivity index (χ0) is 21.0. The quantitative estimate of drug-likeness (QED) is 0.485. The minimum Gasteiger partial charge on any atom is -0.454 e. The van der Waals surface area contributed by atoms with E-state index < -0.39 is 4.87 Å². The number of rotatable bonds is 6. The second-order valence-electron chi connectivity index (χ2n) is 7.20. The second kappa shape index (κ2) is 9.14. The highest BCUT2D eigenvalue weighted by atomic mass is 35.5. The van der Waals surface area contributed by atoms with Crippen molar-refractivity contribution >= 4 is 28.9 Å². The Kier molecular flexibility index (Phi) is 6.34. The Labute approximate surface area is 180 Å². The van der Waals surface area contributed by atoms with Gasteiger partial charge in [0.25, 0.3) is 0 Å². The maximum atomic E-state index is 13.5. The fraction of sp³-hybridized carbons (Fsp3) is 0.364. The Morgan fingerprint density at radius 3 is 2.77 bits per heavy atom. The molecule has 2 atom stereocenters. The van der Waals surface area contributed by atoms with E-state index in [1.165, 1.54) is 0 Å². The van der Waals surface area contributed by atoms with Crippen LogP contribution in [0.3, 0.4) is 0 Å². The van der Waals surface area contributed by atoms with Crippen molar-refractivity contribution in [2.24, 2.45) is 4.99 Å². The number of alkyl halides is 1. The molecule has 2 heterocycles. The molecule has 3 N–H and O–H groups in total. The maximum Gasteiger partial charge on any atom is 0.249 e. The first-order valence-corrected chi connectivity index (χ1v) is 10.4. The molecular formula is C22H25ClN4O3. The van der Waals surface area contributed by atoms with E-state index in [0.29, 0.717) is 54.7 Å². The molecule has 0 radical (unpaired) electrons. The van der Waals surface area contributed by atoms with Crippen LogP contribution in [0, 0.1) is 0 Å². The van der Waals surface area contributed by atoms with E-state index >= 15 is 0 Å². The predicted molar refractivity (Wildman–Crippen MR) is 117 cm³/mol. The summed E-state index contributed by atoms with van der Waals surface area (Å²) in [6.45, 7) is 2.79. The number of aliphatic imine (C=N–C) groups is 1. The van der Waals surface area contributed by atoms with E-state index in [-0.39, 0.29) is 11.9 Å². The molecule has 7 nitrogen and oxygen atoms in total. The van der Waals surface area contributed by atoms with Crippen LogP contribution >= 0.6 is 11.6 Å². The number of carbonyl (C=O) groups excluding carboxylic acids is 1. The van der Waals surface area contributed by atoms with E-state index in [0.717, 1.165) is 6.54 Å². The number of nitrogens with zero attached hydrogens (tertiary/aromatic N) is 1. The first kappa shape index (κ1) is 20.8. The molecule has 2 unspecified atom stereocenters. The molecule has 2 aromatic carbocycles. The topological polar surface area (TPSA) is 84.0 Å². The normalized spacial score (nSPS) is 19.9. The Bertz CT molecular complexity index is 945. The van der Waals surface area contributed by atoms with Crippen molar-refractivity contribution in [3.05, 3.63) is 54.1 Å². The standard InChI is InChI=1S/C22H25ClN4O3/c1-29-13-12-26-21(28)22(23,19-14-24-10-11-25-19)20-15-6-2-4-8-17(15)30-18-9-5-3-7-16(18)27-20/h2-9,19,24-25H,10-14H2,1H3,(H,26,28). The van der Waals surface area contributed by atoms with Gasteiger partial charge in [-0.05, 0) is 24.3 Å². The van der Waals surface area contributed by atoms with Gasteiger partial charge in [0, 0.05) is 38.9 Å². The summed E-state index contributed by atoms with van der Waals surface area (Å²) < 4.78 is 11.2. The van der Waals surface area contributed by atoms with E-state index in [2.05, 4.69) is 16.0 Å². The van der Waals surface area contributed by atoms with Crippen LogP contribution in [0.1, 0.15) is 5.56 Å². The average Bonchev–Trinajstić information content (AvgIpc) is 2.96. The molecule has 2 aliphatic heterocycles. The lowest BCUT2D eigenvalue weighted by Crippen LogP contribution is -2.66. The molecule has 1 saturated heterocycles. The molecule has 0 saturated carbocycles. The molecule has 0 spiro atoms. The average molecular weight is 429 g/mol. The number of halogens is 1. The van der Waals surface area contributed by atoms with Crippen molar-refractivity contribution < 1.29 is 14.3 Å². The Balaban J connectivity index is 1.85. The highest BCUT2D eigenvalue weighted by molar-refractivity contribution is 6.51. The number of carbonyl (C=O) groups is 1. The van der Waals surface area contributed by atoms with Crippen LogP contribution in [-0.2, 0) is 9.53 Å². The van der Waals surface area contributed by atoms with Gasteiger partial charge in [-0.2, -0.15) is 0 Å². The minimum atomic E-state index is -1.46. The predicted octanol–water partition coefficient (Wildman–Crippen LogP) is 2.21. The van der Waals surface area contributed by atoms with Crippen molar-refractivity contribution in [3.8, 4) is 11.5 Å². The molecule has 2 aliphatic rings. The molecular weight excluding hydrogens is 404 g/mol. The number of ether oxygens (including phenoxy) is 2. The molecule has 158 valence electrons. The summed E-state index contributed by atoms with van der Waals surface area (Å²) in [5.74, 6) is 0.906. The number of fused-ring (bicyclic) bond motifs is 2. The second-order valence-corrected chi connectivity index (χ2v) is 7.79. The summed E-state index contributed by atoms with van der Waals surface area (Å²) in [6.07, 6.45) is 0. The van der Waals surface area contributed by atoms with Crippen LogP contribution in [-0.4, -0.2) is 62.4 Å². The molecule has 0 aromatic heterocycles. The molecule has 2 aromatic rings. The fourth-order valence-corrected chi connectivity index (χ4v) is 4.09. The lowest BCUT2D eigenvalue weighted by Gasteiger charge is -2.38. The first-order chi connectivity index (χ1) is 14.6. The van der Waals surface area contributed by atoms with Gasteiger partial charge in [0.2, 0.25) is 5.91 Å². The number of para-hydroxylation sites is 3. The monoisotopic (exact) mass is 428 g/mol. The SMILES string of the molecule is COCCNC(=O)C(Cl)(C1=Nc2ccccc2Oc2ccccc21)C1CNCCN1. The van der Waals surface area contributed by atoms with Crippen LogP contribution < -0.4 is 20.7 Å². The number of benzene rings is 2. The number of amides is 1. The number of piperazine rings is 1. The number of hydrogen-bond acceptors (Lipinski definition) is 6. The van der Waals surface area contributed by atoms with E-state index in [1.54, 1.807) is 7.11 Å². The Hall–Kier alpha value is -2.45. The summed E-state index contributed by atoms with van der Waals surface area (Å²) in [5.41, 5.74) is 1.78. The van der Waals surface area contributed by atoms with Gasteiger partial charge in [0.1, 0.15) is 11.4 Å². The smallest absolute Gasteiger partial charge is 0.249 e. The van der Waals surface area contributed by atoms with Crippen molar-refractivity contribution in [3.63, 3.8) is 0 Å². The van der Waals surface area contributed by atoms with Gasteiger partial charge in [-0.1, -0.05) is 35.9 Å². The van der Waals surface area contributed by atoms with Crippen molar-refractivity contribution in [1.82, 2.24) is 16.0 Å². The van der Waals surface area contributed by atoms with Gasteiger partial charge in [-0.3, -0.25) is 4.79 Å². The lowest BCUT2D eigenvalue weighted by molar-refractivity contribution is -0.122. The number of methoxy groups -OCH3 is 1. The maximum absolute atomic E-state index is 13.5. The molecule has 0 bridgehead atoms. The summed E-state index contributed by atoms with van der Waals surface area (Å²) in [4.78, 5) is 16.9. The van der Waals surface area contributed by atoms with Gasteiger partial charge < -0.3 is 25.4 Å². The van der Waals surface area contributed by atoms with Crippen molar-refractivity contribution in [2.45, 2.75) is 10.9 Å². The third kappa shape index (κ3) is 3.94. The van der Waals surface area contributed by atoms with Crippen molar-refractivity contribution in [2.75, 3.05) is 39.9 Å². The van der Waals surface area contributed by atoms with Crippen LogP contribution in [0.15, 0.2) is 53.5 Å². The summed E-state index contributed by atoms with van der Waals surface area (Å²) in [7, 11) is 1.59. The van der Waals surface area contributed by atoms with Crippen molar-refractivity contribution in [1.29, 1.82) is 0 Å². The molecule has 1 fully saturated rings. The number of hydrogen-bond donors (Lipinski definition) is 3. The van der Waals surface area contributed by atoms with Crippen LogP contribution in [0.2, 0.25) is 0 Å². The highest BCUT2D eigenvalue weighted by Gasteiger charge is 2.50. The highest BCUT2D eigenvalue weighted by Crippen LogP contribution is 2.41. The zero-order valence-electron chi connectivity index (χ0n) is 16.8. The Morgan fingerprint density at radius 1 is 1.23 bits per heavy atom. The van der Waals surface area contributed by atoms with Gasteiger partial charge >= 0.3 is 0 Å². The number of nitrogens with one attached hydrogen (secondary N) is 3. The van der Waals surface area contributed by atoms with E-state index in [9.17, 15) is 4.79 Å².